The Bertz CT molecular complexity index is 2610. The minimum absolute atomic E-state index is 0.888. The van der Waals surface area contributed by atoms with Crippen LogP contribution in [0.5, 0.6) is 0 Å². The lowest BCUT2D eigenvalue weighted by atomic mass is 9.91. The molecule has 316 valence electrons. The van der Waals surface area contributed by atoms with Crippen molar-refractivity contribution in [1.82, 2.24) is 0 Å². The van der Waals surface area contributed by atoms with Crippen LogP contribution in [-0.4, -0.2) is 0 Å². The van der Waals surface area contributed by atoms with E-state index < -0.39 is 0 Å². The summed E-state index contributed by atoms with van der Waals surface area (Å²) in [5.41, 5.74) is 14.8. The van der Waals surface area contributed by atoms with Gasteiger partial charge in [0.2, 0.25) is 0 Å². The van der Waals surface area contributed by atoms with Crippen molar-refractivity contribution < 1.29 is 0 Å². The number of benzene rings is 5. The minimum Gasteiger partial charge on any atom is -0.311 e. The number of rotatable bonds is 14. The number of hydrogen-bond donors (Lipinski definition) is 0. The van der Waals surface area contributed by atoms with E-state index in [1.807, 2.05) is 58.1 Å². The van der Waals surface area contributed by atoms with Crippen molar-refractivity contribution in [3.63, 3.8) is 0 Å². The van der Waals surface area contributed by atoms with Crippen molar-refractivity contribution in [2.24, 2.45) is 0 Å². The Labute approximate surface area is 377 Å². The highest BCUT2D eigenvalue weighted by Crippen LogP contribution is 2.50. The number of fused-ring (bicyclic) bond motifs is 3. The first-order valence-electron chi connectivity index (χ1n) is 22.3. The van der Waals surface area contributed by atoms with Gasteiger partial charge >= 0.3 is 0 Å². The molecule has 0 saturated carbocycles. The maximum absolute atomic E-state index is 4.46. The molecular formula is C59H64N2S. The first-order chi connectivity index (χ1) is 30.5. The van der Waals surface area contributed by atoms with Crippen LogP contribution in [0.1, 0.15) is 84.2 Å². The third-order valence-electron chi connectivity index (χ3n) is 10.4. The molecule has 1 aliphatic carbocycles. The third kappa shape index (κ3) is 10.7. The summed E-state index contributed by atoms with van der Waals surface area (Å²) in [6.45, 7) is 25.0. The minimum atomic E-state index is 0.888. The monoisotopic (exact) mass is 832 g/mol. The number of anilines is 5. The maximum atomic E-state index is 4.46. The highest BCUT2D eigenvalue weighted by Gasteiger charge is 2.26. The SMILES string of the molecule is C=C/C(=C\C=C/C)c1cccc(N(C(/C=C\C)=C/CC)c2cc(N(c3ccccc3)c3cccc(-c4ccccc4)c3)c3sc4c(c3c2)C=C(C(=C)/C=C\C)CC4)c1.CC.CC. The maximum Gasteiger partial charge on any atom is 0.0661 e. The number of nitrogens with zero attached hydrogens (tertiary/aromatic N) is 2. The standard InChI is InChI=1S/C55H52N2S.2C2H6/c1-7-12-24-41(11-5)44-27-19-31-48(35-44)56(46(22-9-3)23-10-4)50-38-52-51-37-43(40(6)21-8-2)33-34-54(51)58-55(52)53(39-50)57(47-29-17-14-18-30-47)49-32-20-28-45(36-49)42-25-15-13-16-26-42;2*1-2/h7-9,11-32,35-39H,5-6,10,33-34H2,1-4H3;2*1-2H3/b12-7-,21-8-,22-9-,41-24+,46-23+;;. The molecule has 0 atom stereocenters. The molecule has 0 bridgehead atoms. The molecular weight excluding hydrogens is 769 g/mol. The molecule has 1 aliphatic rings. The van der Waals surface area contributed by atoms with Gasteiger partial charge in [0.15, 0.2) is 0 Å². The van der Waals surface area contributed by atoms with Gasteiger partial charge in [0.25, 0.3) is 0 Å². The van der Waals surface area contributed by atoms with Gasteiger partial charge in [-0.25, -0.2) is 0 Å². The largest absolute Gasteiger partial charge is 0.311 e. The average molecular weight is 833 g/mol. The van der Waals surface area contributed by atoms with Gasteiger partial charge in [-0.05, 0) is 140 Å². The summed E-state index contributed by atoms with van der Waals surface area (Å²) in [7, 11) is 0. The Morgan fingerprint density at radius 3 is 2.02 bits per heavy atom. The Morgan fingerprint density at radius 2 is 1.34 bits per heavy atom. The fourth-order valence-electron chi connectivity index (χ4n) is 7.76. The van der Waals surface area contributed by atoms with E-state index in [9.17, 15) is 0 Å². The predicted octanol–water partition coefficient (Wildman–Crippen LogP) is 18.7. The summed E-state index contributed by atoms with van der Waals surface area (Å²) in [6.07, 6.45) is 24.3. The van der Waals surface area contributed by atoms with Crippen molar-refractivity contribution in [2.45, 2.75) is 74.7 Å². The lowest BCUT2D eigenvalue weighted by molar-refractivity contribution is 0.965. The van der Waals surface area contributed by atoms with Gasteiger partial charge in [0, 0.05) is 38.7 Å². The lowest BCUT2D eigenvalue weighted by Crippen LogP contribution is -2.17. The molecule has 0 fully saturated rings. The van der Waals surface area contributed by atoms with Crippen LogP contribution >= 0.6 is 11.3 Å². The lowest BCUT2D eigenvalue weighted by Gasteiger charge is -2.31. The molecule has 0 amide bonds. The highest BCUT2D eigenvalue weighted by molar-refractivity contribution is 7.20. The molecule has 1 aromatic heterocycles. The zero-order chi connectivity index (χ0) is 44.4. The summed E-state index contributed by atoms with van der Waals surface area (Å²) in [5.74, 6) is 0. The van der Waals surface area contributed by atoms with E-state index in [1.165, 1.54) is 37.2 Å². The molecule has 3 heteroatoms. The fraction of sp³-hybridized carbons (Fsp3) is 0.186. The van der Waals surface area contributed by atoms with Crippen LogP contribution in [-0.2, 0) is 6.42 Å². The Hall–Kier alpha value is -6.42. The number of hydrogen-bond acceptors (Lipinski definition) is 3. The van der Waals surface area contributed by atoms with Crippen LogP contribution in [0.2, 0.25) is 0 Å². The zero-order valence-electron chi connectivity index (χ0n) is 38.2. The molecule has 0 saturated heterocycles. The second kappa shape index (κ2) is 23.5. The van der Waals surface area contributed by atoms with Gasteiger partial charge < -0.3 is 9.80 Å². The molecule has 1 heterocycles. The predicted molar refractivity (Wildman–Crippen MR) is 280 cm³/mol. The molecule has 2 nitrogen and oxygen atoms in total. The van der Waals surface area contributed by atoms with E-state index in [1.54, 1.807) is 0 Å². The zero-order valence-corrected chi connectivity index (χ0v) is 39.0. The summed E-state index contributed by atoms with van der Waals surface area (Å²) < 4.78 is 1.26. The third-order valence-corrected chi connectivity index (χ3v) is 11.8. The summed E-state index contributed by atoms with van der Waals surface area (Å²) >= 11 is 1.93. The van der Waals surface area contributed by atoms with Crippen LogP contribution in [0.15, 0.2) is 206 Å². The van der Waals surface area contributed by atoms with Crippen molar-refractivity contribution >= 4 is 61.5 Å². The Kier molecular flexibility index (Phi) is 17.7. The summed E-state index contributed by atoms with van der Waals surface area (Å²) in [4.78, 5) is 6.28. The number of allylic oxidation sites excluding steroid dienone is 12. The second-order valence-electron chi connectivity index (χ2n) is 14.3. The Balaban J connectivity index is 0.00000176. The van der Waals surface area contributed by atoms with Crippen molar-refractivity contribution in [3.05, 3.63) is 222 Å². The van der Waals surface area contributed by atoms with Crippen LogP contribution in [0, 0.1) is 0 Å². The summed E-state index contributed by atoms with van der Waals surface area (Å²) in [5, 5.41) is 1.25. The van der Waals surface area contributed by atoms with Gasteiger partial charge in [0.1, 0.15) is 0 Å². The van der Waals surface area contributed by atoms with Gasteiger partial charge in [-0.15, -0.1) is 11.3 Å². The fourth-order valence-corrected chi connectivity index (χ4v) is 9.02. The highest BCUT2D eigenvalue weighted by atomic mass is 32.1. The topological polar surface area (TPSA) is 6.48 Å². The number of aryl methyl sites for hydroxylation is 1. The van der Waals surface area contributed by atoms with Crippen LogP contribution in [0.3, 0.4) is 0 Å². The van der Waals surface area contributed by atoms with Crippen molar-refractivity contribution in [1.29, 1.82) is 0 Å². The van der Waals surface area contributed by atoms with E-state index in [4.69, 9.17) is 0 Å². The van der Waals surface area contributed by atoms with E-state index in [2.05, 4.69) is 214 Å². The van der Waals surface area contributed by atoms with Crippen molar-refractivity contribution in [3.8, 4) is 11.1 Å². The van der Waals surface area contributed by atoms with Gasteiger partial charge in [-0.1, -0.05) is 169 Å². The number of thiophene rings is 1. The molecule has 62 heavy (non-hydrogen) atoms. The van der Waals surface area contributed by atoms with E-state index in [0.29, 0.717) is 0 Å². The van der Waals surface area contributed by atoms with Gasteiger partial charge in [0.05, 0.1) is 10.4 Å². The Morgan fingerprint density at radius 1 is 0.677 bits per heavy atom. The van der Waals surface area contributed by atoms with Crippen molar-refractivity contribution in [2.75, 3.05) is 9.80 Å². The molecule has 0 N–H and O–H groups in total. The molecule has 0 spiro atoms. The first kappa shape index (κ1) is 46.6. The van der Waals surface area contributed by atoms with E-state index in [0.717, 1.165) is 70.1 Å². The quantitative estimate of drug-likeness (QED) is 0.101. The molecule has 0 unspecified atom stereocenters. The molecule has 0 aliphatic heterocycles. The second-order valence-corrected chi connectivity index (χ2v) is 15.4. The number of para-hydroxylation sites is 1. The molecule has 0 radical (unpaired) electrons. The molecule has 5 aromatic carbocycles. The van der Waals surface area contributed by atoms with Gasteiger partial charge in [-0.2, -0.15) is 0 Å². The average Bonchev–Trinajstić information content (AvgIpc) is 3.70. The molecule has 6 aromatic rings. The van der Waals surface area contributed by atoms with E-state index in [-0.39, 0.29) is 0 Å². The smallest absolute Gasteiger partial charge is 0.0661 e. The molecule has 7 rings (SSSR count). The van der Waals surface area contributed by atoms with E-state index >= 15 is 0 Å². The van der Waals surface area contributed by atoms with Gasteiger partial charge in [-0.3, -0.25) is 0 Å². The normalized spacial score (nSPS) is 12.7. The van der Waals surface area contributed by atoms with Crippen LogP contribution in [0.25, 0.3) is 32.9 Å². The summed E-state index contributed by atoms with van der Waals surface area (Å²) in [6, 6.07) is 44.1. The van der Waals surface area contributed by atoms with Crippen LogP contribution in [0.4, 0.5) is 28.4 Å². The first-order valence-corrected chi connectivity index (χ1v) is 23.1. The van der Waals surface area contributed by atoms with Crippen LogP contribution < -0.4 is 9.80 Å².